The third-order valence-electron chi connectivity index (χ3n) is 5.26. The maximum atomic E-state index is 14.6. The van der Waals surface area contributed by atoms with E-state index < -0.39 is 48.5 Å². The molecular formula is C20H19F6N7O. The van der Waals surface area contributed by atoms with Gasteiger partial charge in [0.25, 0.3) is 5.92 Å². The molecule has 1 fully saturated rings. The smallest absolute Gasteiger partial charge is 0.323 e. The Labute approximate surface area is 189 Å². The van der Waals surface area contributed by atoms with Crippen molar-refractivity contribution in [2.45, 2.75) is 44.5 Å². The van der Waals surface area contributed by atoms with Gasteiger partial charge in [-0.3, -0.25) is 14.0 Å². The van der Waals surface area contributed by atoms with Crippen molar-refractivity contribution in [3.8, 4) is 5.82 Å². The predicted molar refractivity (Wildman–Crippen MR) is 107 cm³/mol. The van der Waals surface area contributed by atoms with Gasteiger partial charge in [0.05, 0.1) is 23.6 Å². The van der Waals surface area contributed by atoms with Crippen molar-refractivity contribution in [3.63, 3.8) is 0 Å². The van der Waals surface area contributed by atoms with Crippen molar-refractivity contribution in [2.75, 3.05) is 11.9 Å². The molecule has 3 aromatic rings. The highest BCUT2D eigenvalue weighted by Crippen LogP contribution is 2.34. The molecule has 0 radical (unpaired) electrons. The minimum atomic E-state index is -4.64. The molecule has 1 aliphatic heterocycles. The molecule has 182 valence electrons. The van der Waals surface area contributed by atoms with E-state index in [9.17, 15) is 31.1 Å². The minimum Gasteiger partial charge on any atom is -0.323 e. The van der Waals surface area contributed by atoms with Gasteiger partial charge in [-0.05, 0) is 13.0 Å². The number of hydrogen-bond acceptors (Lipinski definition) is 5. The van der Waals surface area contributed by atoms with E-state index in [0.717, 1.165) is 23.0 Å². The first-order valence-corrected chi connectivity index (χ1v) is 10.1. The number of rotatable bonds is 5. The van der Waals surface area contributed by atoms with Crippen LogP contribution in [-0.4, -0.2) is 42.7 Å². The van der Waals surface area contributed by atoms with Gasteiger partial charge < -0.3 is 10.6 Å². The second-order valence-corrected chi connectivity index (χ2v) is 7.93. The van der Waals surface area contributed by atoms with Gasteiger partial charge in [0.15, 0.2) is 17.3 Å². The number of piperidine rings is 1. The standard InChI is InChI=1S/C20H19F6N7O/c1-11-4-16(20(24,25)26)31-33(11)9-17(34)30-12-5-13(21)18(28-7-12)32-8-15(29-10-32)14-6-19(22,23)2-3-27-14/h4-5,7-8,10,14,27H,2-3,6,9H2,1H3,(H,30,34). The second-order valence-electron chi connectivity index (χ2n) is 7.93. The topological polar surface area (TPSA) is 89.7 Å². The van der Waals surface area contributed by atoms with Gasteiger partial charge >= 0.3 is 6.18 Å². The van der Waals surface area contributed by atoms with E-state index in [1.807, 2.05) is 0 Å². The average Bonchev–Trinajstić information content (AvgIpc) is 3.35. The lowest BCUT2D eigenvalue weighted by atomic mass is 9.99. The zero-order valence-corrected chi connectivity index (χ0v) is 17.7. The van der Waals surface area contributed by atoms with E-state index in [4.69, 9.17) is 0 Å². The number of imidazole rings is 1. The molecule has 1 atom stereocenters. The van der Waals surface area contributed by atoms with Crippen LogP contribution in [-0.2, 0) is 17.5 Å². The number of aromatic nitrogens is 5. The van der Waals surface area contributed by atoms with Gasteiger partial charge in [-0.15, -0.1) is 0 Å². The van der Waals surface area contributed by atoms with Crippen LogP contribution in [0.4, 0.5) is 32.0 Å². The van der Waals surface area contributed by atoms with E-state index in [1.165, 1.54) is 24.0 Å². The molecule has 0 aromatic carbocycles. The molecule has 8 nitrogen and oxygen atoms in total. The van der Waals surface area contributed by atoms with E-state index in [1.54, 1.807) is 0 Å². The number of halogens is 6. The molecule has 1 aliphatic rings. The normalized spacial score (nSPS) is 18.1. The Balaban J connectivity index is 1.43. The van der Waals surface area contributed by atoms with E-state index in [0.29, 0.717) is 5.69 Å². The number of alkyl halides is 5. The first-order valence-electron chi connectivity index (χ1n) is 10.1. The van der Waals surface area contributed by atoms with Crippen LogP contribution in [0, 0.1) is 12.7 Å². The second kappa shape index (κ2) is 8.74. The van der Waals surface area contributed by atoms with Crippen molar-refractivity contribution in [1.82, 2.24) is 29.6 Å². The summed E-state index contributed by atoms with van der Waals surface area (Å²) in [6, 6.07) is 1.10. The van der Waals surface area contributed by atoms with Gasteiger partial charge in [0.1, 0.15) is 12.9 Å². The van der Waals surface area contributed by atoms with Crippen LogP contribution in [0.1, 0.15) is 36.0 Å². The Morgan fingerprint density at radius 1 is 1.29 bits per heavy atom. The summed E-state index contributed by atoms with van der Waals surface area (Å²) >= 11 is 0. The van der Waals surface area contributed by atoms with Gasteiger partial charge in [0, 0.05) is 37.3 Å². The summed E-state index contributed by atoms with van der Waals surface area (Å²) in [7, 11) is 0. The zero-order chi connectivity index (χ0) is 24.7. The third kappa shape index (κ3) is 5.21. The molecule has 1 saturated heterocycles. The van der Waals surface area contributed by atoms with Crippen LogP contribution in [0.25, 0.3) is 5.82 Å². The number of pyridine rings is 1. The summed E-state index contributed by atoms with van der Waals surface area (Å²) in [5, 5.41) is 8.66. The van der Waals surface area contributed by atoms with Crippen LogP contribution in [0.3, 0.4) is 0 Å². The Morgan fingerprint density at radius 3 is 2.71 bits per heavy atom. The fourth-order valence-corrected chi connectivity index (χ4v) is 3.58. The fourth-order valence-electron chi connectivity index (χ4n) is 3.58. The highest BCUT2D eigenvalue weighted by atomic mass is 19.4. The van der Waals surface area contributed by atoms with E-state index in [-0.39, 0.29) is 30.2 Å². The van der Waals surface area contributed by atoms with Crippen LogP contribution in [0.5, 0.6) is 0 Å². The molecular weight excluding hydrogens is 468 g/mol. The first kappa shape index (κ1) is 23.7. The van der Waals surface area contributed by atoms with Crippen molar-refractivity contribution in [3.05, 3.63) is 53.8 Å². The number of amides is 1. The molecule has 0 saturated carbocycles. The highest BCUT2D eigenvalue weighted by molar-refractivity contribution is 5.90. The summed E-state index contributed by atoms with van der Waals surface area (Å²) in [6.07, 6.45) is -1.55. The average molecular weight is 487 g/mol. The van der Waals surface area contributed by atoms with Crippen molar-refractivity contribution >= 4 is 11.6 Å². The van der Waals surface area contributed by atoms with Crippen LogP contribution in [0.15, 0.2) is 30.9 Å². The van der Waals surface area contributed by atoms with Gasteiger partial charge in [-0.25, -0.2) is 23.1 Å². The fraction of sp³-hybridized carbons (Fsp3) is 0.400. The molecule has 34 heavy (non-hydrogen) atoms. The Morgan fingerprint density at radius 2 is 2.06 bits per heavy atom. The third-order valence-corrected chi connectivity index (χ3v) is 5.26. The highest BCUT2D eigenvalue weighted by Gasteiger charge is 2.37. The molecule has 2 N–H and O–H groups in total. The molecule has 0 bridgehead atoms. The number of nitrogens with zero attached hydrogens (tertiary/aromatic N) is 5. The summed E-state index contributed by atoms with van der Waals surface area (Å²) in [5.74, 6) is -4.55. The lowest BCUT2D eigenvalue weighted by Crippen LogP contribution is -2.38. The largest absolute Gasteiger partial charge is 0.435 e. The van der Waals surface area contributed by atoms with Crippen LogP contribution >= 0.6 is 0 Å². The Bertz CT molecular complexity index is 1200. The SMILES string of the molecule is Cc1cc(C(F)(F)F)nn1CC(=O)Nc1cnc(-n2cnc(C3CC(F)(F)CCN3)c2)c(F)c1. The quantitative estimate of drug-likeness (QED) is 0.537. The number of nitrogens with one attached hydrogen (secondary N) is 2. The zero-order valence-electron chi connectivity index (χ0n) is 17.7. The van der Waals surface area contributed by atoms with Gasteiger partial charge in [-0.2, -0.15) is 18.3 Å². The maximum Gasteiger partial charge on any atom is 0.435 e. The number of anilines is 1. The van der Waals surface area contributed by atoms with Crippen LogP contribution in [0.2, 0.25) is 0 Å². The number of carbonyl (C=O) groups excluding carboxylic acids is 1. The van der Waals surface area contributed by atoms with Crippen molar-refractivity contribution in [2.24, 2.45) is 0 Å². The lowest BCUT2D eigenvalue weighted by Gasteiger charge is -2.28. The molecule has 4 heterocycles. The summed E-state index contributed by atoms with van der Waals surface area (Å²) < 4.78 is 82.4. The number of aryl methyl sites for hydroxylation is 1. The molecule has 1 unspecified atom stereocenters. The molecule has 1 amide bonds. The Hall–Kier alpha value is -3.42. The summed E-state index contributed by atoms with van der Waals surface area (Å²) in [4.78, 5) is 20.2. The van der Waals surface area contributed by atoms with Crippen molar-refractivity contribution < 1.29 is 31.1 Å². The van der Waals surface area contributed by atoms with Crippen LogP contribution < -0.4 is 10.6 Å². The van der Waals surface area contributed by atoms with Gasteiger partial charge in [0.2, 0.25) is 5.91 Å². The first-order chi connectivity index (χ1) is 15.9. The van der Waals surface area contributed by atoms with E-state index in [2.05, 4.69) is 25.7 Å². The number of carbonyl (C=O) groups is 1. The van der Waals surface area contributed by atoms with E-state index >= 15 is 0 Å². The minimum absolute atomic E-state index is 0.0268. The molecule has 0 aliphatic carbocycles. The molecule has 3 aromatic heterocycles. The molecule has 0 spiro atoms. The Kier molecular flexibility index (Phi) is 6.10. The lowest BCUT2D eigenvalue weighted by molar-refractivity contribution is -0.141. The summed E-state index contributed by atoms with van der Waals surface area (Å²) in [5.41, 5.74) is -0.711. The predicted octanol–water partition coefficient (Wildman–Crippen LogP) is 3.63. The maximum absolute atomic E-state index is 14.6. The molecule has 4 rings (SSSR count). The summed E-state index contributed by atoms with van der Waals surface area (Å²) in [6.45, 7) is 0.977. The monoisotopic (exact) mass is 487 g/mol. The number of hydrogen-bond donors (Lipinski definition) is 2. The molecule has 14 heteroatoms. The van der Waals surface area contributed by atoms with Crippen molar-refractivity contribution in [1.29, 1.82) is 0 Å². The van der Waals surface area contributed by atoms with Gasteiger partial charge in [-0.1, -0.05) is 0 Å².